The smallest absolute Gasteiger partial charge is 0.339 e. The molecule has 0 atom stereocenters. The van der Waals surface area contributed by atoms with E-state index in [1.165, 1.54) is 36.4 Å². The maximum Gasteiger partial charge on any atom is 0.339 e. The van der Waals surface area contributed by atoms with Crippen molar-refractivity contribution >= 4 is 39.4 Å². The summed E-state index contributed by atoms with van der Waals surface area (Å²) in [7, 11) is -4.14. The Kier molecular flexibility index (Phi) is 7.22. The fraction of sp³-hybridized carbons (Fsp3) is 0.120. The number of aryl methyl sites for hydroxylation is 3. The van der Waals surface area contributed by atoms with Gasteiger partial charge >= 0.3 is 10.1 Å². The molecule has 0 aliphatic carbocycles. The normalized spacial score (nSPS) is 11.5. The second-order valence-corrected chi connectivity index (χ2v) is 9.46. The number of rotatable bonds is 6. The van der Waals surface area contributed by atoms with E-state index in [0.717, 1.165) is 16.7 Å². The third kappa shape index (κ3) is 6.01. The molecule has 0 radical (unpaired) electrons. The first-order valence-corrected chi connectivity index (χ1v) is 11.7. The Labute approximate surface area is 198 Å². The van der Waals surface area contributed by atoms with Crippen molar-refractivity contribution in [2.45, 2.75) is 25.7 Å². The van der Waals surface area contributed by atoms with Gasteiger partial charge in [-0.2, -0.15) is 13.7 Å². The number of carbonyl (C=O) groups is 1. The molecule has 1 N–H and O–H groups in total. The van der Waals surface area contributed by atoms with E-state index in [9.17, 15) is 18.5 Å². The van der Waals surface area contributed by atoms with Crippen LogP contribution in [0.1, 0.15) is 22.3 Å². The largest absolute Gasteiger partial charge is 0.378 e. The van der Waals surface area contributed by atoms with Gasteiger partial charge in [-0.15, -0.1) is 0 Å². The summed E-state index contributed by atoms with van der Waals surface area (Å²) < 4.78 is 30.8. The average molecular weight is 481 g/mol. The summed E-state index contributed by atoms with van der Waals surface area (Å²) in [5, 5.41) is 12.6. The second-order valence-electron chi connectivity index (χ2n) is 7.47. The monoisotopic (exact) mass is 480 g/mol. The molecule has 168 valence electrons. The lowest BCUT2D eigenvalue weighted by Gasteiger charge is -2.11. The number of nitrogens with zero attached hydrogens (tertiary/aromatic N) is 1. The van der Waals surface area contributed by atoms with Crippen LogP contribution in [-0.4, -0.2) is 14.3 Å². The zero-order chi connectivity index (χ0) is 24.2. The van der Waals surface area contributed by atoms with E-state index in [1.807, 2.05) is 39.0 Å². The quantitative estimate of drug-likeness (QED) is 0.282. The van der Waals surface area contributed by atoms with Crippen LogP contribution >= 0.6 is 11.6 Å². The summed E-state index contributed by atoms with van der Waals surface area (Å²) in [4.78, 5) is 12.7. The summed E-state index contributed by atoms with van der Waals surface area (Å²) in [5.74, 6) is -0.705. The fourth-order valence-corrected chi connectivity index (χ4v) is 4.16. The zero-order valence-electron chi connectivity index (χ0n) is 18.2. The van der Waals surface area contributed by atoms with Gasteiger partial charge in [-0.3, -0.25) is 4.79 Å². The first-order chi connectivity index (χ1) is 15.6. The highest BCUT2D eigenvalue weighted by Gasteiger charge is 2.19. The van der Waals surface area contributed by atoms with Crippen molar-refractivity contribution < 1.29 is 17.4 Å². The van der Waals surface area contributed by atoms with Crippen LogP contribution in [0.2, 0.25) is 5.02 Å². The van der Waals surface area contributed by atoms with Gasteiger partial charge in [0.1, 0.15) is 22.3 Å². The number of halogens is 1. The lowest BCUT2D eigenvalue weighted by atomic mass is 10.1. The molecular formula is C25H21ClN2O4S. The molecule has 0 aromatic heterocycles. The molecule has 8 heteroatoms. The topological polar surface area (TPSA) is 96.3 Å². The van der Waals surface area contributed by atoms with Gasteiger partial charge in [-0.1, -0.05) is 47.0 Å². The first kappa shape index (κ1) is 24.1. The Morgan fingerprint density at radius 3 is 2.30 bits per heavy atom. The van der Waals surface area contributed by atoms with Crippen LogP contribution in [0, 0.1) is 32.1 Å². The molecule has 1 amide bonds. The van der Waals surface area contributed by atoms with Crippen molar-refractivity contribution in [3.05, 3.63) is 93.5 Å². The highest BCUT2D eigenvalue weighted by molar-refractivity contribution is 7.87. The van der Waals surface area contributed by atoms with E-state index in [0.29, 0.717) is 5.69 Å². The predicted molar refractivity (Wildman–Crippen MR) is 129 cm³/mol. The lowest BCUT2D eigenvalue weighted by molar-refractivity contribution is -0.112. The minimum absolute atomic E-state index is 0.0222. The van der Waals surface area contributed by atoms with Gasteiger partial charge in [0.25, 0.3) is 5.91 Å². The molecular weight excluding hydrogens is 460 g/mol. The fourth-order valence-electron chi connectivity index (χ4n) is 3.03. The number of carbonyl (C=O) groups excluding carboxylic acids is 1. The molecule has 0 saturated carbocycles. The van der Waals surface area contributed by atoms with Crippen LogP contribution in [-0.2, 0) is 14.9 Å². The average Bonchev–Trinajstić information content (AvgIpc) is 2.75. The number of amides is 1. The van der Waals surface area contributed by atoms with Crippen LogP contribution < -0.4 is 9.50 Å². The highest BCUT2D eigenvalue weighted by atomic mass is 35.5. The summed E-state index contributed by atoms with van der Waals surface area (Å²) in [6, 6.07) is 17.8. The molecule has 0 bridgehead atoms. The van der Waals surface area contributed by atoms with Gasteiger partial charge in [-0.25, -0.2) is 0 Å². The Bertz CT molecular complexity index is 1390. The molecule has 33 heavy (non-hydrogen) atoms. The molecule has 0 aliphatic rings. The number of nitrogens with one attached hydrogen (secondary N) is 1. The third-order valence-electron chi connectivity index (χ3n) is 4.78. The van der Waals surface area contributed by atoms with Crippen molar-refractivity contribution in [1.82, 2.24) is 0 Å². The lowest BCUT2D eigenvalue weighted by Crippen LogP contribution is -2.14. The van der Waals surface area contributed by atoms with Crippen molar-refractivity contribution in [1.29, 1.82) is 5.26 Å². The van der Waals surface area contributed by atoms with E-state index in [2.05, 4.69) is 5.32 Å². The highest BCUT2D eigenvalue weighted by Crippen LogP contribution is 2.29. The standard InChI is InChI=1S/C25H21ClN2O4S/c1-16-4-8-22(9-5-16)33(30,31)32-24-11-7-21(26)14-19(24)13-20(15-27)25(29)28-23-10-6-17(2)12-18(23)3/h4-14H,1-3H3,(H,28,29)/b20-13+. The summed E-state index contributed by atoms with van der Waals surface area (Å²) in [5.41, 5.74) is 3.28. The van der Waals surface area contributed by atoms with E-state index in [4.69, 9.17) is 15.8 Å². The number of anilines is 1. The Morgan fingerprint density at radius 1 is 1.00 bits per heavy atom. The molecule has 0 fully saturated rings. The maximum atomic E-state index is 12.7. The van der Waals surface area contributed by atoms with Gasteiger partial charge in [0.15, 0.2) is 0 Å². The van der Waals surface area contributed by atoms with E-state index < -0.39 is 16.0 Å². The third-order valence-corrected chi connectivity index (χ3v) is 6.26. The van der Waals surface area contributed by atoms with Crippen molar-refractivity contribution in [3.63, 3.8) is 0 Å². The van der Waals surface area contributed by atoms with Gasteiger partial charge in [0, 0.05) is 16.3 Å². The molecule has 0 spiro atoms. The molecule has 3 aromatic rings. The Balaban J connectivity index is 1.94. The minimum atomic E-state index is -4.14. The molecule has 6 nitrogen and oxygen atoms in total. The SMILES string of the molecule is Cc1ccc(S(=O)(=O)Oc2ccc(Cl)cc2/C=C(\C#N)C(=O)Nc2ccc(C)cc2C)cc1. The van der Waals surface area contributed by atoms with Crippen LogP contribution in [0.4, 0.5) is 5.69 Å². The van der Waals surface area contributed by atoms with Crippen LogP contribution in [0.5, 0.6) is 5.75 Å². The zero-order valence-corrected chi connectivity index (χ0v) is 19.8. The molecule has 0 unspecified atom stereocenters. The molecule has 0 saturated heterocycles. The van der Waals surface area contributed by atoms with Gasteiger partial charge < -0.3 is 9.50 Å². The predicted octanol–water partition coefficient (Wildman–Crippen LogP) is 5.58. The molecule has 0 aliphatic heterocycles. The van der Waals surface area contributed by atoms with E-state index in [-0.39, 0.29) is 26.8 Å². The summed E-state index contributed by atoms with van der Waals surface area (Å²) >= 11 is 6.08. The molecule has 0 heterocycles. The van der Waals surface area contributed by atoms with Gasteiger partial charge in [-0.05, 0) is 68.8 Å². The van der Waals surface area contributed by atoms with E-state index in [1.54, 1.807) is 18.2 Å². The molecule has 3 aromatic carbocycles. The molecule has 3 rings (SSSR count). The van der Waals surface area contributed by atoms with Gasteiger partial charge in [0.2, 0.25) is 0 Å². The Hall–Kier alpha value is -3.60. The summed E-state index contributed by atoms with van der Waals surface area (Å²) in [6.07, 6.45) is 1.24. The first-order valence-electron chi connectivity index (χ1n) is 9.90. The van der Waals surface area contributed by atoms with Crippen molar-refractivity contribution in [2.24, 2.45) is 0 Å². The second kappa shape index (κ2) is 9.90. The number of hydrogen-bond donors (Lipinski definition) is 1. The number of hydrogen-bond acceptors (Lipinski definition) is 5. The summed E-state index contributed by atoms with van der Waals surface area (Å²) in [6.45, 7) is 5.62. The van der Waals surface area contributed by atoms with Crippen molar-refractivity contribution in [3.8, 4) is 11.8 Å². The Morgan fingerprint density at radius 2 is 1.67 bits per heavy atom. The number of nitriles is 1. The van der Waals surface area contributed by atoms with Crippen LogP contribution in [0.25, 0.3) is 6.08 Å². The maximum absolute atomic E-state index is 12.7. The van der Waals surface area contributed by atoms with Gasteiger partial charge in [0.05, 0.1) is 0 Å². The van der Waals surface area contributed by atoms with Crippen LogP contribution in [0.15, 0.2) is 71.1 Å². The van der Waals surface area contributed by atoms with E-state index >= 15 is 0 Å². The number of benzene rings is 3. The van der Waals surface area contributed by atoms with Crippen molar-refractivity contribution in [2.75, 3.05) is 5.32 Å². The van der Waals surface area contributed by atoms with Crippen LogP contribution in [0.3, 0.4) is 0 Å². The minimum Gasteiger partial charge on any atom is -0.378 e.